The predicted molar refractivity (Wildman–Crippen MR) is 84.9 cm³/mol. The lowest BCUT2D eigenvalue weighted by Crippen LogP contribution is -1.82. The van der Waals surface area contributed by atoms with Crippen molar-refractivity contribution in [3.05, 3.63) is 91.0 Å². The number of hydrogen-bond donors (Lipinski definition) is 0. The van der Waals surface area contributed by atoms with Gasteiger partial charge >= 0.3 is 0 Å². The van der Waals surface area contributed by atoms with Gasteiger partial charge in [0.1, 0.15) is 0 Å². The number of rotatable bonds is 4. The molecular weight excluding hydrogens is 228 g/mol. The van der Waals surface area contributed by atoms with Crippen LogP contribution in [0.1, 0.15) is 12.5 Å². The maximum atomic E-state index is 4.11. The number of benzene rings is 2. The molecule has 2 rings (SSSR count). The molecule has 2 aromatic carbocycles. The third-order valence-electron chi connectivity index (χ3n) is 2.94. The van der Waals surface area contributed by atoms with Gasteiger partial charge < -0.3 is 0 Å². The Hall–Kier alpha value is -2.34. The first-order valence-electron chi connectivity index (χ1n) is 6.45. The molecule has 0 aliphatic heterocycles. The van der Waals surface area contributed by atoms with Crippen LogP contribution in [0.5, 0.6) is 0 Å². The van der Waals surface area contributed by atoms with Crippen molar-refractivity contribution in [2.24, 2.45) is 0 Å². The SMILES string of the molecule is C=C(/C=C\C=C/C)c1cccc(-c2ccccc2)c1. The molecule has 0 nitrogen and oxygen atoms in total. The van der Waals surface area contributed by atoms with E-state index in [0.29, 0.717) is 0 Å². The molecule has 0 bridgehead atoms. The second-order valence-corrected chi connectivity index (χ2v) is 4.36. The Morgan fingerprint density at radius 2 is 1.63 bits per heavy atom. The van der Waals surface area contributed by atoms with Gasteiger partial charge in [-0.05, 0) is 35.3 Å². The molecule has 0 spiro atoms. The molecule has 0 amide bonds. The summed E-state index contributed by atoms with van der Waals surface area (Å²) in [6, 6.07) is 18.9. The Balaban J connectivity index is 2.27. The molecule has 0 saturated heterocycles. The molecule has 0 saturated carbocycles. The summed E-state index contributed by atoms with van der Waals surface area (Å²) < 4.78 is 0. The number of hydrogen-bond acceptors (Lipinski definition) is 0. The zero-order chi connectivity index (χ0) is 13.5. The first kappa shape index (κ1) is 13.1. The Kier molecular flexibility index (Phi) is 4.52. The Morgan fingerprint density at radius 1 is 0.895 bits per heavy atom. The van der Waals surface area contributed by atoms with E-state index in [4.69, 9.17) is 0 Å². The zero-order valence-corrected chi connectivity index (χ0v) is 11.2. The Bertz CT molecular complexity index is 601. The van der Waals surface area contributed by atoms with E-state index >= 15 is 0 Å². The van der Waals surface area contributed by atoms with Gasteiger partial charge in [0, 0.05) is 0 Å². The normalized spacial score (nSPS) is 11.2. The third-order valence-corrected chi connectivity index (χ3v) is 2.94. The standard InChI is InChI=1S/C19H18/c1-3-4-6-10-16(2)18-13-9-14-19(15-18)17-11-7-5-8-12-17/h3-15H,2H2,1H3/b4-3-,10-6-. The lowest BCUT2D eigenvalue weighted by atomic mass is 9.99. The van der Waals surface area contributed by atoms with Gasteiger partial charge in [0.2, 0.25) is 0 Å². The van der Waals surface area contributed by atoms with Crippen molar-refractivity contribution in [3.8, 4) is 11.1 Å². The largest absolute Gasteiger partial charge is 0.0912 e. The van der Waals surface area contributed by atoms with Crippen LogP contribution in [0.2, 0.25) is 0 Å². The van der Waals surface area contributed by atoms with Gasteiger partial charge in [-0.15, -0.1) is 0 Å². The van der Waals surface area contributed by atoms with Crippen LogP contribution in [0.25, 0.3) is 16.7 Å². The van der Waals surface area contributed by atoms with Gasteiger partial charge in [0.15, 0.2) is 0 Å². The van der Waals surface area contributed by atoms with E-state index in [-0.39, 0.29) is 0 Å². The highest BCUT2D eigenvalue weighted by molar-refractivity contribution is 5.76. The third kappa shape index (κ3) is 3.56. The monoisotopic (exact) mass is 246 g/mol. The minimum Gasteiger partial charge on any atom is -0.0912 e. The molecule has 0 N–H and O–H groups in total. The average molecular weight is 246 g/mol. The van der Waals surface area contributed by atoms with Crippen molar-refractivity contribution >= 4 is 5.57 Å². The molecule has 0 unspecified atom stereocenters. The first-order chi connectivity index (χ1) is 9.31. The second kappa shape index (κ2) is 6.55. The molecular formula is C19H18. The van der Waals surface area contributed by atoms with E-state index in [1.807, 2.05) is 37.3 Å². The van der Waals surface area contributed by atoms with Gasteiger partial charge in [-0.2, -0.15) is 0 Å². The highest BCUT2D eigenvalue weighted by atomic mass is 14.0. The smallest absolute Gasteiger partial charge is 0.0178 e. The minimum atomic E-state index is 1.02. The van der Waals surface area contributed by atoms with Crippen LogP contribution in [-0.4, -0.2) is 0 Å². The van der Waals surface area contributed by atoms with E-state index in [1.54, 1.807) is 0 Å². The molecule has 0 atom stereocenters. The fourth-order valence-corrected chi connectivity index (χ4v) is 1.91. The van der Waals surface area contributed by atoms with Crippen LogP contribution >= 0.6 is 0 Å². The van der Waals surface area contributed by atoms with E-state index in [9.17, 15) is 0 Å². The summed E-state index contributed by atoms with van der Waals surface area (Å²) in [5, 5.41) is 0. The summed E-state index contributed by atoms with van der Waals surface area (Å²) in [7, 11) is 0. The molecule has 0 heterocycles. The minimum absolute atomic E-state index is 1.02. The van der Waals surface area contributed by atoms with Crippen molar-refractivity contribution in [1.82, 2.24) is 0 Å². The maximum Gasteiger partial charge on any atom is -0.0178 e. The molecule has 94 valence electrons. The van der Waals surface area contributed by atoms with Gasteiger partial charge in [0.05, 0.1) is 0 Å². The second-order valence-electron chi connectivity index (χ2n) is 4.36. The van der Waals surface area contributed by atoms with E-state index < -0.39 is 0 Å². The topological polar surface area (TPSA) is 0 Å². The van der Waals surface area contributed by atoms with Gasteiger partial charge in [0.25, 0.3) is 0 Å². The van der Waals surface area contributed by atoms with Crippen LogP contribution < -0.4 is 0 Å². The van der Waals surface area contributed by atoms with Crippen LogP contribution in [0.4, 0.5) is 0 Å². The Morgan fingerprint density at radius 3 is 2.37 bits per heavy atom. The maximum absolute atomic E-state index is 4.11. The molecule has 2 aromatic rings. The zero-order valence-electron chi connectivity index (χ0n) is 11.2. The molecule has 0 aliphatic rings. The van der Waals surface area contributed by atoms with Crippen molar-refractivity contribution in [2.75, 3.05) is 0 Å². The molecule has 0 fully saturated rings. The summed E-state index contributed by atoms with van der Waals surface area (Å²) >= 11 is 0. The quantitative estimate of drug-likeness (QED) is 0.625. The Labute approximate surface area is 115 Å². The van der Waals surface area contributed by atoms with E-state index in [1.165, 1.54) is 11.1 Å². The highest BCUT2D eigenvalue weighted by Crippen LogP contribution is 2.23. The van der Waals surface area contributed by atoms with Gasteiger partial charge in [-0.3, -0.25) is 0 Å². The van der Waals surface area contributed by atoms with Crippen LogP contribution in [-0.2, 0) is 0 Å². The number of allylic oxidation sites excluding steroid dienone is 5. The predicted octanol–water partition coefficient (Wildman–Crippen LogP) is 5.50. The molecule has 0 aliphatic carbocycles. The van der Waals surface area contributed by atoms with Gasteiger partial charge in [-0.1, -0.05) is 79.4 Å². The summed E-state index contributed by atoms with van der Waals surface area (Å²) in [5.41, 5.74) is 4.63. The molecule has 0 heteroatoms. The summed E-state index contributed by atoms with van der Waals surface area (Å²) in [6.07, 6.45) is 8.05. The van der Waals surface area contributed by atoms with Crippen LogP contribution in [0.3, 0.4) is 0 Å². The van der Waals surface area contributed by atoms with Crippen molar-refractivity contribution in [3.63, 3.8) is 0 Å². The highest BCUT2D eigenvalue weighted by Gasteiger charge is 1.99. The fourth-order valence-electron chi connectivity index (χ4n) is 1.91. The summed E-state index contributed by atoms with van der Waals surface area (Å²) in [5.74, 6) is 0. The fraction of sp³-hybridized carbons (Fsp3) is 0.0526. The summed E-state index contributed by atoms with van der Waals surface area (Å²) in [6.45, 7) is 6.11. The van der Waals surface area contributed by atoms with Crippen molar-refractivity contribution in [1.29, 1.82) is 0 Å². The van der Waals surface area contributed by atoms with Crippen molar-refractivity contribution in [2.45, 2.75) is 6.92 Å². The van der Waals surface area contributed by atoms with Crippen LogP contribution in [0.15, 0.2) is 85.5 Å². The lowest BCUT2D eigenvalue weighted by Gasteiger charge is -2.05. The lowest BCUT2D eigenvalue weighted by molar-refractivity contribution is 1.58. The summed E-state index contributed by atoms with van der Waals surface area (Å²) in [4.78, 5) is 0. The first-order valence-corrected chi connectivity index (χ1v) is 6.45. The van der Waals surface area contributed by atoms with Crippen LogP contribution in [0, 0.1) is 0 Å². The van der Waals surface area contributed by atoms with Gasteiger partial charge in [-0.25, -0.2) is 0 Å². The molecule has 0 radical (unpaired) electrons. The van der Waals surface area contributed by atoms with Crippen molar-refractivity contribution < 1.29 is 0 Å². The van der Waals surface area contributed by atoms with E-state index in [2.05, 4.69) is 55.1 Å². The molecule has 19 heavy (non-hydrogen) atoms. The van der Waals surface area contributed by atoms with E-state index in [0.717, 1.165) is 11.1 Å². The molecule has 0 aromatic heterocycles. The average Bonchev–Trinajstić information content (AvgIpc) is 2.48.